The zero-order valence-electron chi connectivity index (χ0n) is 26.7. The van der Waals surface area contributed by atoms with Crippen molar-refractivity contribution in [3.63, 3.8) is 0 Å². The number of fused-ring (bicyclic) bond motifs is 1. The molecule has 1 saturated heterocycles. The number of nitrogens with zero attached hydrogens (tertiary/aromatic N) is 1. The number of benzene rings is 2. The van der Waals surface area contributed by atoms with Crippen LogP contribution in [0.2, 0.25) is 0 Å². The third-order valence-electron chi connectivity index (χ3n) is 7.63. The maximum atomic E-state index is 12.4. The van der Waals surface area contributed by atoms with Gasteiger partial charge < -0.3 is 39.2 Å². The fourth-order valence-corrected chi connectivity index (χ4v) is 5.26. The topological polar surface area (TPSA) is 125 Å². The number of aryl methyl sites for hydroxylation is 1. The van der Waals surface area contributed by atoms with Crippen molar-refractivity contribution in [3.8, 4) is 5.75 Å². The fourth-order valence-electron chi connectivity index (χ4n) is 5.26. The highest BCUT2D eigenvalue weighted by molar-refractivity contribution is 5.91. The zero-order chi connectivity index (χ0) is 32.1. The first-order chi connectivity index (χ1) is 21.7. The van der Waals surface area contributed by atoms with Gasteiger partial charge in [-0.05, 0) is 74.4 Å². The summed E-state index contributed by atoms with van der Waals surface area (Å²) in [6.45, 7) is 8.78. The Balaban J connectivity index is 1.01. The SMILES string of the molecule is CCOC(=O)CNC(=O)Nc1cccc(CCCCOCCCCCCN2C[C@@H](c3ccc4c(c3)COC(C)(C)O4)OC2=O)c1. The van der Waals surface area contributed by atoms with Gasteiger partial charge in [0.25, 0.3) is 0 Å². The largest absolute Gasteiger partial charge is 0.465 e. The molecule has 0 radical (unpaired) electrons. The van der Waals surface area contributed by atoms with Crippen molar-refractivity contribution in [1.82, 2.24) is 10.2 Å². The molecule has 0 saturated carbocycles. The number of hydrogen-bond acceptors (Lipinski definition) is 8. The summed E-state index contributed by atoms with van der Waals surface area (Å²) in [6, 6.07) is 13.2. The number of rotatable bonds is 17. The molecule has 0 unspecified atom stereocenters. The number of carbonyl (C=O) groups is 3. The second-order valence-electron chi connectivity index (χ2n) is 11.8. The van der Waals surface area contributed by atoms with Gasteiger partial charge in [-0.25, -0.2) is 9.59 Å². The third kappa shape index (κ3) is 11.2. The molecular weight excluding hydrogens is 578 g/mol. The van der Waals surface area contributed by atoms with Crippen LogP contribution in [0.1, 0.15) is 82.1 Å². The second-order valence-corrected chi connectivity index (χ2v) is 11.8. The minimum Gasteiger partial charge on any atom is -0.465 e. The van der Waals surface area contributed by atoms with Crippen LogP contribution in [-0.4, -0.2) is 68.2 Å². The molecule has 11 heteroatoms. The van der Waals surface area contributed by atoms with Crippen LogP contribution in [0.5, 0.6) is 5.75 Å². The summed E-state index contributed by atoms with van der Waals surface area (Å²) < 4.78 is 27.9. The third-order valence-corrected chi connectivity index (χ3v) is 7.63. The average molecular weight is 626 g/mol. The Bertz CT molecular complexity index is 1280. The minimum absolute atomic E-state index is 0.168. The standard InChI is InChI=1S/C34H47N3O8/c1-4-42-31(38)22-35-32(39)36-28-14-11-13-25(20-28)12-7-10-19-41-18-9-6-5-8-17-37-23-30(44-33(37)40)26-15-16-29-27(21-26)24-43-34(2,3)45-29/h11,13-16,20-21,30H,4-10,12,17-19,22-24H2,1-3H3,(H2,35,36,39)/t30-/m0/s1. The molecule has 0 aliphatic carbocycles. The molecule has 2 aromatic carbocycles. The molecule has 45 heavy (non-hydrogen) atoms. The van der Waals surface area contributed by atoms with E-state index in [1.807, 2.05) is 56.3 Å². The summed E-state index contributed by atoms with van der Waals surface area (Å²) in [5, 5.41) is 5.23. The number of ether oxygens (including phenoxy) is 5. The maximum Gasteiger partial charge on any atom is 0.410 e. The summed E-state index contributed by atoms with van der Waals surface area (Å²) in [6.07, 6.45) is 6.31. The molecule has 2 aromatic rings. The summed E-state index contributed by atoms with van der Waals surface area (Å²) >= 11 is 0. The van der Waals surface area contributed by atoms with Crippen LogP contribution >= 0.6 is 0 Å². The van der Waals surface area contributed by atoms with E-state index in [1.54, 1.807) is 11.8 Å². The molecule has 2 N–H and O–H groups in total. The monoisotopic (exact) mass is 625 g/mol. The van der Waals surface area contributed by atoms with Crippen LogP contribution in [0.4, 0.5) is 15.3 Å². The van der Waals surface area contributed by atoms with Gasteiger partial charge in [0.2, 0.25) is 5.79 Å². The summed E-state index contributed by atoms with van der Waals surface area (Å²) in [5.41, 5.74) is 3.74. The van der Waals surface area contributed by atoms with Crippen LogP contribution < -0.4 is 15.4 Å². The van der Waals surface area contributed by atoms with Gasteiger partial charge in [-0.3, -0.25) is 4.79 Å². The van der Waals surface area contributed by atoms with Gasteiger partial charge in [-0.2, -0.15) is 0 Å². The molecule has 1 fully saturated rings. The van der Waals surface area contributed by atoms with Crippen molar-refractivity contribution < 1.29 is 38.1 Å². The number of anilines is 1. The molecule has 0 spiro atoms. The molecule has 3 amide bonds. The highest BCUT2D eigenvalue weighted by Gasteiger charge is 2.33. The van der Waals surface area contributed by atoms with Crippen LogP contribution in [0.25, 0.3) is 0 Å². The number of urea groups is 1. The van der Waals surface area contributed by atoms with E-state index in [-0.39, 0.29) is 25.3 Å². The van der Waals surface area contributed by atoms with Crippen molar-refractivity contribution in [2.24, 2.45) is 0 Å². The molecular formula is C34H47N3O8. The van der Waals surface area contributed by atoms with E-state index >= 15 is 0 Å². The number of unbranched alkanes of at least 4 members (excludes halogenated alkanes) is 4. The van der Waals surface area contributed by atoms with Gasteiger partial charge in [0, 0.05) is 44.9 Å². The number of amides is 3. The summed E-state index contributed by atoms with van der Waals surface area (Å²) in [5.74, 6) is -0.291. The smallest absolute Gasteiger partial charge is 0.410 e. The Labute approximate surface area is 265 Å². The molecule has 1 atom stereocenters. The molecule has 11 nitrogen and oxygen atoms in total. The van der Waals surface area contributed by atoms with Crippen molar-refractivity contribution in [1.29, 1.82) is 0 Å². The van der Waals surface area contributed by atoms with Crippen LogP contribution in [0, 0.1) is 0 Å². The average Bonchev–Trinajstić information content (AvgIpc) is 3.38. The lowest BCUT2D eigenvalue weighted by atomic mass is 10.0. The van der Waals surface area contributed by atoms with Crippen LogP contribution in [-0.2, 0) is 36.8 Å². The molecule has 4 rings (SSSR count). The van der Waals surface area contributed by atoms with E-state index in [2.05, 4.69) is 10.6 Å². The molecule has 2 aliphatic rings. The van der Waals surface area contributed by atoms with Gasteiger partial charge in [0.1, 0.15) is 18.4 Å². The molecule has 0 bridgehead atoms. The predicted molar refractivity (Wildman–Crippen MR) is 169 cm³/mol. The van der Waals surface area contributed by atoms with Crippen molar-refractivity contribution >= 4 is 23.8 Å². The Morgan fingerprint density at radius 3 is 2.64 bits per heavy atom. The zero-order valence-corrected chi connectivity index (χ0v) is 26.7. The van der Waals surface area contributed by atoms with E-state index in [4.69, 9.17) is 23.7 Å². The first-order valence-electron chi connectivity index (χ1n) is 16.0. The molecule has 246 valence electrons. The number of esters is 1. The van der Waals surface area contributed by atoms with Gasteiger partial charge in [-0.1, -0.05) is 31.0 Å². The summed E-state index contributed by atoms with van der Waals surface area (Å²) in [4.78, 5) is 37.6. The Kier molecular flexibility index (Phi) is 12.9. The van der Waals surface area contributed by atoms with E-state index < -0.39 is 17.8 Å². The number of nitrogens with one attached hydrogen (secondary N) is 2. The van der Waals surface area contributed by atoms with Crippen LogP contribution in [0.15, 0.2) is 42.5 Å². The van der Waals surface area contributed by atoms with E-state index in [0.29, 0.717) is 32.0 Å². The second kappa shape index (κ2) is 17.0. The number of hydrogen-bond donors (Lipinski definition) is 2. The van der Waals surface area contributed by atoms with Crippen molar-refractivity contribution in [2.75, 3.05) is 44.8 Å². The molecule has 0 aromatic heterocycles. The van der Waals surface area contributed by atoms with E-state index in [1.165, 1.54) is 0 Å². The van der Waals surface area contributed by atoms with Gasteiger partial charge >= 0.3 is 18.1 Å². The quantitative estimate of drug-likeness (QED) is 0.159. The normalized spacial score (nSPS) is 16.8. The van der Waals surface area contributed by atoms with Gasteiger partial charge in [0.15, 0.2) is 0 Å². The van der Waals surface area contributed by atoms with E-state index in [0.717, 1.165) is 74.0 Å². The fraction of sp³-hybridized carbons (Fsp3) is 0.559. The lowest BCUT2D eigenvalue weighted by Crippen LogP contribution is -2.35. The number of cyclic esters (lactones) is 1. The molecule has 2 aliphatic heterocycles. The first kappa shape index (κ1) is 34.1. The predicted octanol–water partition coefficient (Wildman–Crippen LogP) is 6.11. The van der Waals surface area contributed by atoms with Gasteiger partial charge in [-0.15, -0.1) is 0 Å². The van der Waals surface area contributed by atoms with Gasteiger partial charge in [0.05, 0.1) is 19.8 Å². The highest BCUT2D eigenvalue weighted by atomic mass is 16.7. The minimum atomic E-state index is -0.635. The summed E-state index contributed by atoms with van der Waals surface area (Å²) in [7, 11) is 0. The Morgan fingerprint density at radius 2 is 1.82 bits per heavy atom. The van der Waals surface area contributed by atoms with Crippen molar-refractivity contribution in [2.45, 2.75) is 84.2 Å². The lowest BCUT2D eigenvalue weighted by Gasteiger charge is -2.32. The highest BCUT2D eigenvalue weighted by Crippen LogP contribution is 2.35. The van der Waals surface area contributed by atoms with Crippen LogP contribution in [0.3, 0.4) is 0 Å². The van der Waals surface area contributed by atoms with Crippen molar-refractivity contribution in [3.05, 3.63) is 59.2 Å². The lowest BCUT2D eigenvalue weighted by molar-refractivity contribution is -0.180. The Morgan fingerprint density at radius 1 is 1.02 bits per heavy atom. The maximum absolute atomic E-state index is 12.4. The first-order valence-corrected chi connectivity index (χ1v) is 16.0. The number of carbonyl (C=O) groups excluding carboxylic acids is 3. The Hall–Kier alpha value is -3.83. The van der Waals surface area contributed by atoms with E-state index in [9.17, 15) is 14.4 Å². The molecule has 2 heterocycles.